The molecule has 40 heavy (non-hydrogen) atoms. The number of hydrogen-bond donors (Lipinski definition) is 2. The van der Waals surface area contributed by atoms with E-state index in [1.165, 1.54) is 29.2 Å². The molecule has 0 saturated carbocycles. The van der Waals surface area contributed by atoms with Crippen LogP contribution in [0.4, 0.5) is 14.9 Å². The van der Waals surface area contributed by atoms with Crippen LogP contribution < -0.4 is 10.6 Å². The minimum Gasteiger partial charge on any atom is -0.438 e. The monoisotopic (exact) mass is 537 g/mol. The number of benzene rings is 4. The van der Waals surface area contributed by atoms with Gasteiger partial charge in [-0.2, -0.15) is 0 Å². The molecule has 4 aromatic carbocycles. The van der Waals surface area contributed by atoms with E-state index in [9.17, 15) is 18.8 Å². The van der Waals surface area contributed by atoms with Crippen molar-refractivity contribution in [2.24, 2.45) is 0 Å². The van der Waals surface area contributed by atoms with Crippen LogP contribution in [0, 0.1) is 5.82 Å². The zero-order valence-corrected chi connectivity index (χ0v) is 21.8. The Morgan fingerprint density at radius 1 is 0.900 bits per heavy atom. The Balaban J connectivity index is 1.42. The summed E-state index contributed by atoms with van der Waals surface area (Å²) in [7, 11) is 0. The molecular weight excluding hydrogens is 509 g/mol. The van der Waals surface area contributed by atoms with Crippen LogP contribution in [0.3, 0.4) is 0 Å². The van der Waals surface area contributed by atoms with Gasteiger partial charge >= 0.3 is 6.09 Å². The molecule has 1 aliphatic heterocycles. The molecule has 0 spiro atoms. The molecule has 8 heteroatoms. The Kier molecular flexibility index (Phi) is 7.87. The van der Waals surface area contributed by atoms with Gasteiger partial charge in [0.2, 0.25) is 5.91 Å². The number of anilines is 1. The fourth-order valence-electron chi connectivity index (χ4n) is 4.71. The van der Waals surface area contributed by atoms with Gasteiger partial charge in [-0.1, -0.05) is 72.8 Å². The minimum atomic E-state index is -0.957. The molecule has 1 heterocycles. The predicted octanol–water partition coefficient (Wildman–Crippen LogP) is 6.02. The quantitative estimate of drug-likeness (QED) is 0.288. The molecule has 4 aromatic rings. The van der Waals surface area contributed by atoms with Crippen LogP contribution in [-0.4, -0.2) is 28.8 Å². The first-order chi connectivity index (χ1) is 19.4. The molecule has 1 saturated heterocycles. The number of ether oxygens (including phenoxy) is 1. The van der Waals surface area contributed by atoms with Crippen LogP contribution in [-0.2, 0) is 16.1 Å². The molecule has 0 bridgehead atoms. The van der Waals surface area contributed by atoms with Gasteiger partial charge < -0.3 is 15.4 Å². The third-order valence-electron chi connectivity index (χ3n) is 6.79. The fraction of sp³-hybridized carbons (Fsp3) is 0.156. The number of cyclic esters (lactones) is 1. The normalized spacial score (nSPS) is 17.1. The number of rotatable bonds is 8. The molecule has 0 aromatic heterocycles. The highest BCUT2D eigenvalue weighted by molar-refractivity contribution is 6.04. The first kappa shape index (κ1) is 26.6. The summed E-state index contributed by atoms with van der Waals surface area (Å²) in [5.41, 5.74) is 3.07. The zero-order valence-electron chi connectivity index (χ0n) is 21.8. The van der Waals surface area contributed by atoms with Gasteiger partial charge in [0.15, 0.2) is 12.1 Å². The summed E-state index contributed by atoms with van der Waals surface area (Å²) < 4.78 is 19.1. The topological polar surface area (TPSA) is 87.7 Å². The van der Waals surface area contributed by atoms with Gasteiger partial charge in [0.05, 0.1) is 12.6 Å². The lowest BCUT2D eigenvalue weighted by Crippen LogP contribution is -2.46. The van der Waals surface area contributed by atoms with Gasteiger partial charge in [-0.05, 0) is 60.0 Å². The van der Waals surface area contributed by atoms with Gasteiger partial charge in [0, 0.05) is 11.3 Å². The van der Waals surface area contributed by atoms with Gasteiger partial charge in [-0.15, -0.1) is 0 Å². The maximum absolute atomic E-state index is 13.7. The summed E-state index contributed by atoms with van der Waals surface area (Å²) in [6, 6.07) is 29.7. The van der Waals surface area contributed by atoms with Crippen LogP contribution in [0.15, 0.2) is 109 Å². The van der Waals surface area contributed by atoms with Gasteiger partial charge in [0.1, 0.15) is 5.82 Å². The lowest BCUT2D eigenvalue weighted by Gasteiger charge is -2.26. The molecule has 7 nitrogen and oxygen atoms in total. The first-order valence-corrected chi connectivity index (χ1v) is 12.9. The second-order valence-corrected chi connectivity index (χ2v) is 9.59. The molecule has 0 unspecified atom stereocenters. The Morgan fingerprint density at radius 2 is 1.57 bits per heavy atom. The number of nitrogens with one attached hydrogen (secondary N) is 2. The molecule has 1 fully saturated rings. The third kappa shape index (κ3) is 6.02. The van der Waals surface area contributed by atoms with Crippen molar-refractivity contribution in [1.29, 1.82) is 0 Å². The average Bonchev–Trinajstić information content (AvgIpc) is 3.30. The highest BCUT2D eigenvalue weighted by Gasteiger charge is 2.47. The smallest absolute Gasteiger partial charge is 0.411 e. The summed E-state index contributed by atoms with van der Waals surface area (Å²) in [5, 5.41) is 5.82. The molecule has 0 radical (unpaired) electrons. The summed E-state index contributed by atoms with van der Waals surface area (Å²) in [5.74, 6) is -1.21. The molecule has 3 atom stereocenters. The number of carbonyl (C=O) groups excluding carboxylic acids is 3. The largest absolute Gasteiger partial charge is 0.438 e. The SMILES string of the molecule is C[C@H](NC(=O)[C@H]1[C@@H](c2cccc(NC(=O)c3ccc(F)cc3)c2)OC(=O)N1Cc1ccccc1)c1ccccc1. The predicted molar refractivity (Wildman–Crippen MR) is 149 cm³/mol. The van der Waals surface area contributed by atoms with Crippen molar-refractivity contribution >= 4 is 23.6 Å². The lowest BCUT2D eigenvalue weighted by atomic mass is 9.99. The number of hydrogen-bond acceptors (Lipinski definition) is 4. The van der Waals surface area contributed by atoms with E-state index in [-0.39, 0.29) is 18.5 Å². The second kappa shape index (κ2) is 11.8. The fourth-order valence-corrected chi connectivity index (χ4v) is 4.71. The van der Waals surface area contributed by atoms with Crippen molar-refractivity contribution in [3.05, 3.63) is 137 Å². The van der Waals surface area contributed by atoms with Gasteiger partial charge in [-0.3, -0.25) is 14.5 Å². The van der Waals surface area contributed by atoms with Crippen molar-refractivity contribution in [2.45, 2.75) is 31.7 Å². The van der Waals surface area contributed by atoms with Crippen molar-refractivity contribution < 1.29 is 23.5 Å². The first-order valence-electron chi connectivity index (χ1n) is 12.9. The van der Waals surface area contributed by atoms with E-state index >= 15 is 0 Å². The summed E-state index contributed by atoms with van der Waals surface area (Å²) in [4.78, 5) is 41.0. The number of nitrogens with zero attached hydrogens (tertiary/aromatic N) is 1. The van der Waals surface area contributed by atoms with Gasteiger partial charge in [0.25, 0.3) is 5.91 Å². The molecule has 1 aliphatic rings. The van der Waals surface area contributed by atoms with E-state index in [4.69, 9.17) is 4.74 Å². The van der Waals surface area contributed by atoms with Crippen molar-refractivity contribution in [3.63, 3.8) is 0 Å². The summed E-state index contributed by atoms with van der Waals surface area (Å²) in [6.07, 6.45) is -1.52. The second-order valence-electron chi connectivity index (χ2n) is 9.59. The van der Waals surface area contributed by atoms with Crippen LogP contribution in [0.25, 0.3) is 0 Å². The molecule has 3 amide bonds. The van der Waals surface area contributed by atoms with E-state index in [2.05, 4.69) is 10.6 Å². The van der Waals surface area contributed by atoms with E-state index in [0.29, 0.717) is 16.8 Å². The summed E-state index contributed by atoms with van der Waals surface area (Å²) in [6.45, 7) is 2.07. The van der Waals surface area contributed by atoms with Crippen LogP contribution in [0.5, 0.6) is 0 Å². The lowest BCUT2D eigenvalue weighted by molar-refractivity contribution is -0.127. The number of amides is 3. The van der Waals surface area contributed by atoms with E-state index < -0.39 is 30.0 Å². The molecule has 2 N–H and O–H groups in total. The van der Waals surface area contributed by atoms with E-state index in [1.807, 2.05) is 67.6 Å². The molecule has 0 aliphatic carbocycles. The molecular formula is C32H28FN3O4. The van der Waals surface area contributed by atoms with E-state index in [1.54, 1.807) is 24.3 Å². The molecule has 202 valence electrons. The molecule has 5 rings (SSSR count). The van der Waals surface area contributed by atoms with Crippen LogP contribution in [0.2, 0.25) is 0 Å². The standard InChI is InChI=1S/C32H28FN3O4/c1-21(23-11-6-3-7-12-23)34-31(38)28-29(40-32(39)36(28)20-22-9-4-2-5-10-22)25-13-8-14-27(19-25)35-30(37)24-15-17-26(33)18-16-24/h2-19,21,28-29H,20H2,1H3,(H,34,38)(H,35,37)/t21-,28+,29+/m0/s1. The Hall–Kier alpha value is -4.98. The Morgan fingerprint density at radius 3 is 2.27 bits per heavy atom. The third-order valence-corrected chi connectivity index (χ3v) is 6.79. The maximum Gasteiger partial charge on any atom is 0.411 e. The highest BCUT2D eigenvalue weighted by Crippen LogP contribution is 2.35. The highest BCUT2D eigenvalue weighted by atomic mass is 19.1. The van der Waals surface area contributed by atoms with E-state index in [0.717, 1.165) is 11.1 Å². The maximum atomic E-state index is 13.7. The van der Waals surface area contributed by atoms with Crippen molar-refractivity contribution in [2.75, 3.05) is 5.32 Å². The van der Waals surface area contributed by atoms with Crippen LogP contribution >= 0.6 is 0 Å². The number of carbonyl (C=O) groups is 3. The Bertz CT molecular complexity index is 1500. The summed E-state index contributed by atoms with van der Waals surface area (Å²) >= 11 is 0. The zero-order chi connectivity index (χ0) is 28.1. The van der Waals surface area contributed by atoms with Gasteiger partial charge in [-0.25, -0.2) is 9.18 Å². The van der Waals surface area contributed by atoms with Crippen molar-refractivity contribution in [3.8, 4) is 0 Å². The van der Waals surface area contributed by atoms with Crippen LogP contribution in [0.1, 0.15) is 46.1 Å². The van der Waals surface area contributed by atoms with Crippen molar-refractivity contribution in [1.82, 2.24) is 10.2 Å². The minimum absolute atomic E-state index is 0.189. The Labute approximate surface area is 231 Å². The average molecular weight is 538 g/mol. The number of halogens is 1.